The Kier molecular flexibility index (Phi) is 6.50. The summed E-state index contributed by atoms with van der Waals surface area (Å²) in [5.74, 6) is 0.108. The average Bonchev–Trinajstić information content (AvgIpc) is 3.20. The summed E-state index contributed by atoms with van der Waals surface area (Å²) < 4.78 is 20.7. The summed E-state index contributed by atoms with van der Waals surface area (Å²) >= 11 is 12.0. The van der Waals surface area contributed by atoms with Crippen LogP contribution in [0.15, 0.2) is 84.1 Å². The number of hydrogen-bond acceptors (Lipinski definition) is 4. The normalized spacial score (nSPS) is 11.1. The smallest absolute Gasteiger partial charge is 0.218 e. The van der Waals surface area contributed by atoms with E-state index in [-0.39, 0.29) is 12.4 Å². The first-order valence-electron chi connectivity index (χ1n) is 9.25. The summed E-state index contributed by atoms with van der Waals surface area (Å²) in [7, 11) is 0. The maximum absolute atomic E-state index is 13.3. The largest absolute Gasteiger partial charge is 0.438 e. The number of aromatic nitrogens is 2. The third-order valence-corrected chi connectivity index (χ3v) is 4.94. The Morgan fingerprint density at radius 2 is 1.77 bits per heavy atom. The molecule has 5 nitrogen and oxygen atoms in total. The zero-order valence-corrected chi connectivity index (χ0v) is 17.6. The van der Waals surface area contributed by atoms with Crippen LogP contribution in [0.4, 0.5) is 4.39 Å². The number of para-hydroxylation sites is 1. The summed E-state index contributed by atoms with van der Waals surface area (Å²) in [6, 6.07) is 20.7. The van der Waals surface area contributed by atoms with E-state index >= 15 is 0 Å². The summed E-state index contributed by atoms with van der Waals surface area (Å²) in [6.07, 6.45) is 2.89. The third-order valence-electron chi connectivity index (χ3n) is 4.35. The lowest BCUT2D eigenvalue weighted by molar-refractivity contribution is 0.128. The van der Waals surface area contributed by atoms with E-state index in [9.17, 15) is 4.39 Å². The predicted octanol–water partition coefficient (Wildman–Crippen LogP) is 6.52. The van der Waals surface area contributed by atoms with Crippen molar-refractivity contribution >= 4 is 29.6 Å². The molecule has 0 radical (unpaired) electrons. The van der Waals surface area contributed by atoms with Crippen LogP contribution in [0.2, 0.25) is 10.0 Å². The van der Waals surface area contributed by atoms with E-state index in [0.29, 0.717) is 27.1 Å². The van der Waals surface area contributed by atoms with E-state index < -0.39 is 0 Å². The lowest BCUT2D eigenvalue weighted by atomic mass is 10.1. The van der Waals surface area contributed by atoms with Crippen molar-refractivity contribution in [3.05, 3.63) is 100 Å². The first-order valence-corrected chi connectivity index (χ1v) is 10.0. The molecule has 1 heterocycles. The lowest BCUT2D eigenvalue weighted by Gasteiger charge is -2.03. The molecular formula is C23H16Cl2FN3O2. The van der Waals surface area contributed by atoms with Crippen LogP contribution in [0, 0.1) is 5.82 Å². The highest BCUT2D eigenvalue weighted by molar-refractivity contribution is 6.35. The fraction of sp³-hybridized carbons (Fsp3) is 0.0435. The molecule has 0 N–H and O–H groups in total. The number of benzene rings is 3. The minimum atomic E-state index is -0.329. The van der Waals surface area contributed by atoms with Gasteiger partial charge in [0.1, 0.15) is 18.1 Å². The topological polar surface area (TPSA) is 48.6 Å². The van der Waals surface area contributed by atoms with Crippen molar-refractivity contribution < 1.29 is 14.0 Å². The molecule has 0 spiro atoms. The zero-order valence-electron chi connectivity index (χ0n) is 16.1. The van der Waals surface area contributed by atoms with Crippen LogP contribution in [-0.4, -0.2) is 16.2 Å². The molecule has 31 heavy (non-hydrogen) atoms. The first kappa shape index (κ1) is 20.9. The maximum atomic E-state index is 13.3. The van der Waals surface area contributed by atoms with E-state index in [1.54, 1.807) is 41.2 Å². The first-order chi connectivity index (χ1) is 15.1. The van der Waals surface area contributed by atoms with Crippen LogP contribution >= 0.6 is 23.2 Å². The molecule has 156 valence electrons. The zero-order chi connectivity index (χ0) is 21.6. The molecule has 0 aliphatic rings. The van der Waals surface area contributed by atoms with Gasteiger partial charge < -0.3 is 9.57 Å². The highest BCUT2D eigenvalue weighted by atomic mass is 35.5. The number of ether oxygens (including phenoxy) is 1. The van der Waals surface area contributed by atoms with Gasteiger partial charge in [-0.3, -0.25) is 0 Å². The van der Waals surface area contributed by atoms with Gasteiger partial charge in [-0.2, -0.15) is 5.10 Å². The number of rotatable bonds is 7. The molecule has 1 aromatic heterocycles. The maximum Gasteiger partial charge on any atom is 0.218 e. The third kappa shape index (κ3) is 5.23. The summed E-state index contributed by atoms with van der Waals surface area (Å²) in [6.45, 7) is 0.157. The Morgan fingerprint density at radius 1 is 1.00 bits per heavy atom. The molecule has 0 aliphatic carbocycles. The minimum Gasteiger partial charge on any atom is -0.438 e. The van der Waals surface area contributed by atoms with E-state index in [1.807, 2.05) is 30.3 Å². The molecule has 0 fully saturated rings. The Bertz CT molecular complexity index is 1200. The van der Waals surface area contributed by atoms with Crippen LogP contribution in [0.1, 0.15) is 5.56 Å². The highest BCUT2D eigenvalue weighted by Crippen LogP contribution is 2.30. The Hall–Kier alpha value is -3.35. The van der Waals surface area contributed by atoms with E-state index in [2.05, 4.69) is 10.3 Å². The van der Waals surface area contributed by atoms with Crippen molar-refractivity contribution in [2.45, 2.75) is 6.61 Å². The number of oxime groups is 1. The number of nitrogens with zero attached hydrogens (tertiary/aromatic N) is 3. The van der Waals surface area contributed by atoms with Gasteiger partial charge in [0.15, 0.2) is 5.75 Å². The molecule has 0 aliphatic heterocycles. The van der Waals surface area contributed by atoms with Gasteiger partial charge >= 0.3 is 0 Å². The molecule has 0 saturated carbocycles. The van der Waals surface area contributed by atoms with Crippen molar-refractivity contribution in [2.24, 2.45) is 5.16 Å². The van der Waals surface area contributed by atoms with Crippen molar-refractivity contribution in [1.29, 1.82) is 0 Å². The van der Waals surface area contributed by atoms with Gasteiger partial charge in [0.2, 0.25) is 6.40 Å². The van der Waals surface area contributed by atoms with Gasteiger partial charge in [0.25, 0.3) is 0 Å². The van der Waals surface area contributed by atoms with Crippen LogP contribution < -0.4 is 4.74 Å². The summed E-state index contributed by atoms with van der Waals surface area (Å²) in [5, 5.41) is 9.44. The molecule has 0 saturated heterocycles. The molecule has 8 heteroatoms. The molecule has 0 unspecified atom stereocenters. The monoisotopic (exact) mass is 455 g/mol. The van der Waals surface area contributed by atoms with Gasteiger partial charge in [-0.1, -0.05) is 52.6 Å². The molecular weight excluding hydrogens is 440 g/mol. The van der Waals surface area contributed by atoms with Gasteiger partial charge in [-0.05, 0) is 48.5 Å². The Balaban J connectivity index is 1.51. The Labute approximate surface area is 188 Å². The summed E-state index contributed by atoms with van der Waals surface area (Å²) in [5.41, 5.74) is 2.84. The number of hydrogen-bond donors (Lipinski definition) is 0. The molecule has 0 atom stereocenters. The molecule has 4 aromatic rings. The van der Waals surface area contributed by atoms with Crippen molar-refractivity contribution in [2.75, 3.05) is 0 Å². The quantitative estimate of drug-likeness (QED) is 0.181. The fourth-order valence-corrected chi connectivity index (χ4v) is 3.28. The van der Waals surface area contributed by atoms with E-state index in [4.69, 9.17) is 32.8 Å². The minimum absolute atomic E-state index is 0.157. The fourth-order valence-electron chi connectivity index (χ4n) is 2.82. The number of halogens is 3. The summed E-state index contributed by atoms with van der Waals surface area (Å²) in [4.78, 5) is 5.26. The van der Waals surface area contributed by atoms with E-state index in [1.165, 1.54) is 18.5 Å². The van der Waals surface area contributed by atoms with Gasteiger partial charge in [0, 0.05) is 21.2 Å². The van der Waals surface area contributed by atoms with Crippen LogP contribution in [0.3, 0.4) is 0 Å². The van der Waals surface area contributed by atoms with Crippen molar-refractivity contribution in [3.8, 4) is 22.7 Å². The van der Waals surface area contributed by atoms with Crippen molar-refractivity contribution in [3.63, 3.8) is 0 Å². The highest BCUT2D eigenvalue weighted by Gasteiger charge is 2.14. The van der Waals surface area contributed by atoms with Crippen LogP contribution in [-0.2, 0) is 11.4 Å². The predicted molar refractivity (Wildman–Crippen MR) is 119 cm³/mol. The molecule has 0 bridgehead atoms. The Morgan fingerprint density at radius 3 is 2.52 bits per heavy atom. The molecule has 3 aromatic carbocycles. The molecule has 0 amide bonds. The van der Waals surface area contributed by atoms with Gasteiger partial charge in [0.05, 0.1) is 11.9 Å². The van der Waals surface area contributed by atoms with Gasteiger partial charge in [-0.25, -0.2) is 9.07 Å². The molecule has 4 rings (SSSR count). The second-order valence-electron chi connectivity index (χ2n) is 6.47. The lowest BCUT2D eigenvalue weighted by Crippen LogP contribution is -1.94. The van der Waals surface area contributed by atoms with Crippen LogP contribution in [0.5, 0.6) is 5.75 Å². The van der Waals surface area contributed by atoms with Crippen LogP contribution in [0.25, 0.3) is 16.9 Å². The van der Waals surface area contributed by atoms with Gasteiger partial charge in [-0.15, -0.1) is 0 Å². The van der Waals surface area contributed by atoms with E-state index in [0.717, 1.165) is 11.3 Å². The van der Waals surface area contributed by atoms with Crippen molar-refractivity contribution in [1.82, 2.24) is 9.78 Å². The second kappa shape index (κ2) is 9.64. The second-order valence-corrected chi connectivity index (χ2v) is 7.31. The average molecular weight is 456 g/mol. The SMILES string of the molecule is Fc1ccc(-c2nn(-c3ccccc3)cc2O/C=N/OCc2ccc(Cl)cc2Cl)cc1. The standard InChI is InChI=1S/C23H16Cl2FN3O2/c24-18-9-6-17(21(25)12-18)14-31-27-15-30-22-13-29(20-4-2-1-3-5-20)28-23(22)16-7-10-19(26)11-8-16/h1-13,15H,14H2/b27-15+.